The summed E-state index contributed by atoms with van der Waals surface area (Å²) >= 11 is 0. The van der Waals surface area contributed by atoms with Gasteiger partial charge in [0.25, 0.3) is 0 Å². The molecule has 156 valence electrons. The molecule has 0 spiro atoms. The van der Waals surface area contributed by atoms with Crippen LogP contribution in [0.2, 0.25) is 0 Å². The summed E-state index contributed by atoms with van der Waals surface area (Å²) in [6, 6.07) is 9.88. The van der Waals surface area contributed by atoms with Crippen LogP contribution in [0.25, 0.3) is 6.08 Å². The second-order valence-corrected chi connectivity index (χ2v) is 7.88. The minimum absolute atomic E-state index is 0.130. The maximum absolute atomic E-state index is 12.7. The third-order valence-electron chi connectivity index (χ3n) is 4.01. The van der Waals surface area contributed by atoms with Crippen molar-refractivity contribution in [3.8, 4) is 5.75 Å². The molecule has 2 aromatic rings. The van der Waals surface area contributed by atoms with Crippen LogP contribution < -0.4 is 4.74 Å². The van der Waals surface area contributed by atoms with Crippen LogP contribution in [0, 0.1) is 0 Å². The first-order valence-electron chi connectivity index (χ1n) is 8.75. The SMILES string of the molecule is CCN(CC)S(=O)(=O)c1ccc(C=CC(=O)Oc2cccc(C(F)(F)F)c2)cc1. The molecule has 2 rings (SSSR count). The maximum Gasteiger partial charge on any atom is 0.416 e. The van der Waals surface area contributed by atoms with Crippen molar-refractivity contribution in [2.75, 3.05) is 13.1 Å². The zero-order valence-corrected chi connectivity index (χ0v) is 16.6. The molecular formula is C20H20F3NO4S. The quantitative estimate of drug-likeness (QED) is 0.374. The van der Waals surface area contributed by atoms with E-state index >= 15 is 0 Å². The number of hydrogen-bond acceptors (Lipinski definition) is 4. The van der Waals surface area contributed by atoms with Crippen molar-refractivity contribution in [1.82, 2.24) is 4.31 Å². The van der Waals surface area contributed by atoms with E-state index in [2.05, 4.69) is 0 Å². The first-order valence-corrected chi connectivity index (χ1v) is 10.2. The molecule has 0 aliphatic rings. The third-order valence-corrected chi connectivity index (χ3v) is 6.08. The number of halogens is 3. The van der Waals surface area contributed by atoms with Gasteiger partial charge in [-0.1, -0.05) is 32.0 Å². The molecule has 0 amide bonds. The molecule has 0 radical (unpaired) electrons. The van der Waals surface area contributed by atoms with Crippen molar-refractivity contribution >= 4 is 22.1 Å². The first-order chi connectivity index (χ1) is 13.6. The molecule has 0 saturated carbocycles. The molecule has 0 bridgehead atoms. The van der Waals surface area contributed by atoms with Gasteiger partial charge < -0.3 is 4.74 Å². The lowest BCUT2D eigenvalue weighted by Gasteiger charge is -2.18. The minimum Gasteiger partial charge on any atom is -0.423 e. The van der Waals surface area contributed by atoms with E-state index < -0.39 is 27.7 Å². The Morgan fingerprint density at radius 3 is 2.24 bits per heavy atom. The highest BCUT2D eigenvalue weighted by atomic mass is 32.2. The molecule has 0 aliphatic carbocycles. The van der Waals surface area contributed by atoms with Crippen molar-refractivity contribution < 1.29 is 31.1 Å². The highest BCUT2D eigenvalue weighted by molar-refractivity contribution is 7.89. The molecule has 0 aliphatic heterocycles. The first kappa shape index (κ1) is 22.6. The number of esters is 1. The molecule has 0 atom stereocenters. The van der Waals surface area contributed by atoms with Crippen LogP contribution in [-0.4, -0.2) is 31.8 Å². The van der Waals surface area contributed by atoms with Crippen LogP contribution in [-0.2, 0) is 21.0 Å². The van der Waals surface area contributed by atoms with Crippen LogP contribution in [0.3, 0.4) is 0 Å². The number of ether oxygens (including phenoxy) is 1. The summed E-state index contributed by atoms with van der Waals surface area (Å²) in [6.07, 6.45) is -2.11. The number of hydrogen-bond donors (Lipinski definition) is 0. The van der Waals surface area contributed by atoms with Crippen LogP contribution >= 0.6 is 0 Å². The van der Waals surface area contributed by atoms with E-state index in [9.17, 15) is 26.4 Å². The Balaban J connectivity index is 2.08. The smallest absolute Gasteiger partial charge is 0.416 e. The number of nitrogens with zero attached hydrogens (tertiary/aromatic N) is 1. The Hall–Kier alpha value is -2.65. The number of benzene rings is 2. The van der Waals surface area contributed by atoms with Gasteiger partial charge in [0.15, 0.2) is 0 Å². The average Bonchev–Trinajstić information content (AvgIpc) is 2.67. The van der Waals surface area contributed by atoms with Crippen LogP contribution in [0.4, 0.5) is 13.2 Å². The summed E-state index contributed by atoms with van der Waals surface area (Å²) in [5, 5.41) is 0. The van der Waals surface area contributed by atoms with Gasteiger partial charge in [0.1, 0.15) is 5.75 Å². The molecule has 2 aromatic carbocycles. The van der Waals surface area contributed by atoms with Gasteiger partial charge in [-0.05, 0) is 42.0 Å². The second-order valence-electron chi connectivity index (χ2n) is 5.94. The van der Waals surface area contributed by atoms with Crippen molar-refractivity contribution in [1.29, 1.82) is 0 Å². The van der Waals surface area contributed by atoms with Crippen molar-refractivity contribution in [2.45, 2.75) is 24.9 Å². The normalized spacial score (nSPS) is 12.5. The fourth-order valence-electron chi connectivity index (χ4n) is 2.51. The molecule has 0 unspecified atom stereocenters. The lowest BCUT2D eigenvalue weighted by atomic mass is 10.2. The van der Waals surface area contributed by atoms with Gasteiger partial charge in [0.2, 0.25) is 10.0 Å². The van der Waals surface area contributed by atoms with Crippen molar-refractivity contribution in [2.24, 2.45) is 0 Å². The van der Waals surface area contributed by atoms with Gasteiger partial charge in [0, 0.05) is 19.2 Å². The average molecular weight is 427 g/mol. The van der Waals surface area contributed by atoms with Gasteiger partial charge >= 0.3 is 12.1 Å². The topological polar surface area (TPSA) is 63.7 Å². The summed E-state index contributed by atoms with van der Waals surface area (Å²) in [5.74, 6) is -1.08. The second kappa shape index (κ2) is 9.23. The summed E-state index contributed by atoms with van der Waals surface area (Å²) in [4.78, 5) is 12.0. The number of carbonyl (C=O) groups excluding carboxylic acids is 1. The van der Waals surface area contributed by atoms with E-state index in [0.29, 0.717) is 18.7 Å². The summed E-state index contributed by atoms with van der Waals surface area (Å²) in [5.41, 5.74) is -0.388. The zero-order chi connectivity index (χ0) is 21.7. The summed E-state index contributed by atoms with van der Waals surface area (Å²) in [7, 11) is -3.58. The Kier molecular flexibility index (Phi) is 7.21. The third kappa shape index (κ3) is 5.91. The summed E-state index contributed by atoms with van der Waals surface area (Å²) in [6.45, 7) is 4.19. The zero-order valence-electron chi connectivity index (χ0n) is 15.8. The van der Waals surface area contributed by atoms with E-state index in [1.807, 2.05) is 0 Å². The molecule has 29 heavy (non-hydrogen) atoms. The highest BCUT2D eigenvalue weighted by Gasteiger charge is 2.30. The van der Waals surface area contributed by atoms with Gasteiger partial charge in [-0.25, -0.2) is 13.2 Å². The van der Waals surface area contributed by atoms with Crippen LogP contribution in [0.1, 0.15) is 25.0 Å². The predicted octanol–water partition coefficient (Wildman–Crippen LogP) is 4.35. The van der Waals surface area contributed by atoms with Gasteiger partial charge in [-0.2, -0.15) is 17.5 Å². The van der Waals surface area contributed by atoms with E-state index in [0.717, 1.165) is 24.3 Å². The van der Waals surface area contributed by atoms with Gasteiger partial charge in [-0.15, -0.1) is 0 Å². The molecule has 9 heteroatoms. The number of sulfonamides is 1. The highest BCUT2D eigenvalue weighted by Crippen LogP contribution is 2.31. The van der Waals surface area contributed by atoms with E-state index in [-0.39, 0.29) is 10.6 Å². The number of rotatable bonds is 7. The summed E-state index contributed by atoms with van der Waals surface area (Å²) < 4.78 is 69.1. The number of carbonyl (C=O) groups is 1. The minimum atomic E-state index is -4.54. The molecule has 5 nitrogen and oxygen atoms in total. The Morgan fingerprint density at radius 1 is 1.07 bits per heavy atom. The lowest BCUT2D eigenvalue weighted by Crippen LogP contribution is -2.30. The van der Waals surface area contributed by atoms with E-state index in [1.54, 1.807) is 13.8 Å². The van der Waals surface area contributed by atoms with Crippen molar-refractivity contribution in [3.63, 3.8) is 0 Å². The molecule has 0 fully saturated rings. The molecular weight excluding hydrogens is 407 g/mol. The standard InChI is InChI=1S/C20H20F3NO4S/c1-3-24(4-2)29(26,27)18-11-8-15(9-12-18)10-13-19(25)28-17-7-5-6-16(14-17)20(21,22)23/h5-14H,3-4H2,1-2H3. The molecule has 0 aromatic heterocycles. The van der Waals surface area contributed by atoms with Crippen LogP contribution in [0.5, 0.6) is 5.75 Å². The lowest BCUT2D eigenvalue weighted by molar-refractivity contribution is -0.138. The maximum atomic E-state index is 12.7. The monoisotopic (exact) mass is 427 g/mol. The van der Waals surface area contributed by atoms with Gasteiger partial charge in [0.05, 0.1) is 10.5 Å². The van der Waals surface area contributed by atoms with Crippen molar-refractivity contribution in [3.05, 3.63) is 65.7 Å². The fourth-order valence-corrected chi connectivity index (χ4v) is 3.97. The molecule has 0 N–H and O–H groups in total. The largest absolute Gasteiger partial charge is 0.423 e. The molecule has 0 saturated heterocycles. The Labute approximate surface area is 167 Å². The van der Waals surface area contributed by atoms with E-state index in [4.69, 9.17) is 4.74 Å². The van der Waals surface area contributed by atoms with E-state index in [1.165, 1.54) is 40.7 Å². The van der Waals surface area contributed by atoms with Gasteiger partial charge in [-0.3, -0.25) is 0 Å². The number of alkyl halides is 3. The Morgan fingerprint density at radius 2 is 1.69 bits per heavy atom. The predicted molar refractivity (Wildman–Crippen MR) is 103 cm³/mol. The molecule has 0 heterocycles. The Bertz CT molecular complexity index is 980. The fraction of sp³-hybridized carbons (Fsp3) is 0.250. The van der Waals surface area contributed by atoms with Crippen LogP contribution in [0.15, 0.2) is 59.5 Å².